The van der Waals surface area contributed by atoms with Crippen LogP contribution in [0.2, 0.25) is 5.02 Å². The van der Waals surface area contributed by atoms with Crippen LogP contribution in [0.25, 0.3) is 11.5 Å². The molecule has 6 nitrogen and oxygen atoms in total. The van der Waals surface area contributed by atoms with Crippen molar-refractivity contribution >= 4 is 23.5 Å². The Kier molecular flexibility index (Phi) is 4.34. The molecular formula is C16H13ClN4O2. The van der Waals surface area contributed by atoms with Gasteiger partial charge < -0.3 is 4.42 Å². The summed E-state index contributed by atoms with van der Waals surface area (Å²) in [5.74, 6) is 1.02. The van der Waals surface area contributed by atoms with E-state index in [1.54, 1.807) is 37.5 Å². The van der Waals surface area contributed by atoms with Crippen molar-refractivity contribution in [3.63, 3.8) is 0 Å². The second-order valence-corrected chi connectivity index (χ2v) is 5.27. The van der Waals surface area contributed by atoms with Crippen LogP contribution in [0.3, 0.4) is 0 Å². The van der Waals surface area contributed by atoms with E-state index in [4.69, 9.17) is 16.0 Å². The third-order valence-corrected chi connectivity index (χ3v) is 3.34. The molecule has 0 aliphatic rings. The molecule has 1 amide bonds. The summed E-state index contributed by atoms with van der Waals surface area (Å²) >= 11 is 5.97. The summed E-state index contributed by atoms with van der Waals surface area (Å²) in [5, 5.41) is 3.21. The SMILES string of the molecule is Cc1oc(-c2cccc(Cl)c2)nc1CC(=O)Nc1ncccn1. The topological polar surface area (TPSA) is 80.9 Å². The van der Waals surface area contributed by atoms with Crippen molar-refractivity contribution in [3.8, 4) is 11.5 Å². The van der Waals surface area contributed by atoms with Crippen LogP contribution in [0.1, 0.15) is 11.5 Å². The number of nitrogens with one attached hydrogen (secondary N) is 1. The number of halogens is 1. The minimum absolute atomic E-state index is 0.0775. The first-order chi connectivity index (χ1) is 11.1. The number of aromatic nitrogens is 3. The first-order valence-electron chi connectivity index (χ1n) is 6.91. The van der Waals surface area contributed by atoms with Crippen LogP contribution >= 0.6 is 11.6 Å². The number of carbonyl (C=O) groups is 1. The lowest BCUT2D eigenvalue weighted by Gasteiger charge is -2.01. The number of benzene rings is 1. The van der Waals surface area contributed by atoms with Crippen LogP contribution in [0.15, 0.2) is 47.1 Å². The number of hydrogen-bond donors (Lipinski definition) is 1. The number of aryl methyl sites for hydroxylation is 1. The second kappa shape index (κ2) is 6.58. The maximum absolute atomic E-state index is 12.0. The highest BCUT2D eigenvalue weighted by Crippen LogP contribution is 2.24. The zero-order chi connectivity index (χ0) is 16.2. The lowest BCUT2D eigenvalue weighted by Crippen LogP contribution is -2.16. The largest absolute Gasteiger partial charge is 0.441 e. The highest BCUT2D eigenvalue weighted by molar-refractivity contribution is 6.30. The highest BCUT2D eigenvalue weighted by atomic mass is 35.5. The Hall–Kier alpha value is -2.73. The van der Waals surface area contributed by atoms with Crippen molar-refractivity contribution in [1.82, 2.24) is 15.0 Å². The number of rotatable bonds is 4. The number of anilines is 1. The molecule has 23 heavy (non-hydrogen) atoms. The molecule has 0 aliphatic carbocycles. The molecular weight excluding hydrogens is 316 g/mol. The monoisotopic (exact) mass is 328 g/mol. The summed E-state index contributed by atoms with van der Waals surface area (Å²) in [5.41, 5.74) is 1.33. The average Bonchev–Trinajstić information content (AvgIpc) is 2.89. The molecule has 1 N–H and O–H groups in total. The molecule has 0 aliphatic heterocycles. The van der Waals surface area contributed by atoms with E-state index in [1.807, 2.05) is 12.1 Å². The van der Waals surface area contributed by atoms with Crippen LogP contribution in [0, 0.1) is 6.92 Å². The molecule has 3 rings (SSSR count). The van der Waals surface area contributed by atoms with Crippen LogP contribution in [-0.4, -0.2) is 20.9 Å². The van der Waals surface area contributed by atoms with Crippen LogP contribution in [-0.2, 0) is 11.2 Å². The highest BCUT2D eigenvalue weighted by Gasteiger charge is 2.15. The second-order valence-electron chi connectivity index (χ2n) is 4.83. The summed E-state index contributed by atoms with van der Waals surface area (Å²) in [6.07, 6.45) is 3.19. The van der Waals surface area contributed by atoms with E-state index in [-0.39, 0.29) is 18.3 Å². The summed E-state index contributed by atoms with van der Waals surface area (Å²) < 4.78 is 5.63. The van der Waals surface area contributed by atoms with Crippen molar-refractivity contribution in [2.24, 2.45) is 0 Å². The fourth-order valence-corrected chi connectivity index (χ4v) is 2.21. The van der Waals surface area contributed by atoms with Gasteiger partial charge in [0.1, 0.15) is 5.76 Å². The molecule has 0 saturated heterocycles. The van der Waals surface area contributed by atoms with Gasteiger partial charge in [-0.15, -0.1) is 0 Å². The number of nitrogens with zero attached hydrogens (tertiary/aromatic N) is 3. The van der Waals surface area contributed by atoms with Gasteiger partial charge in [0.25, 0.3) is 0 Å². The van der Waals surface area contributed by atoms with Crippen molar-refractivity contribution in [2.75, 3.05) is 5.32 Å². The smallest absolute Gasteiger partial charge is 0.232 e. The molecule has 0 bridgehead atoms. The minimum atomic E-state index is -0.259. The molecule has 2 heterocycles. The Morgan fingerprint density at radius 1 is 1.26 bits per heavy atom. The van der Waals surface area contributed by atoms with Gasteiger partial charge in [-0.1, -0.05) is 17.7 Å². The summed E-state index contributed by atoms with van der Waals surface area (Å²) in [6, 6.07) is 8.87. The maximum atomic E-state index is 12.0. The van der Waals surface area contributed by atoms with Crippen LogP contribution < -0.4 is 5.32 Å². The average molecular weight is 329 g/mol. The van der Waals surface area contributed by atoms with E-state index >= 15 is 0 Å². The summed E-state index contributed by atoms with van der Waals surface area (Å²) in [7, 11) is 0. The Labute approximate surface area is 137 Å². The van der Waals surface area contributed by atoms with E-state index in [9.17, 15) is 4.79 Å². The van der Waals surface area contributed by atoms with Gasteiger partial charge in [0.2, 0.25) is 17.7 Å². The normalized spacial score (nSPS) is 10.5. The molecule has 1 aromatic carbocycles. The van der Waals surface area contributed by atoms with Crippen LogP contribution in [0.4, 0.5) is 5.95 Å². The van der Waals surface area contributed by atoms with Gasteiger partial charge >= 0.3 is 0 Å². The zero-order valence-corrected chi connectivity index (χ0v) is 13.0. The molecule has 3 aromatic rings. The Balaban J connectivity index is 1.75. The molecule has 0 spiro atoms. The molecule has 0 saturated carbocycles. The van der Waals surface area contributed by atoms with E-state index in [0.717, 1.165) is 5.56 Å². The number of oxazole rings is 1. The third kappa shape index (κ3) is 3.73. The van der Waals surface area contributed by atoms with Crippen molar-refractivity contribution in [1.29, 1.82) is 0 Å². The first kappa shape index (κ1) is 15.2. The quantitative estimate of drug-likeness (QED) is 0.795. The molecule has 2 aromatic heterocycles. The van der Waals surface area contributed by atoms with Gasteiger partial charge in [-0.25, -0.2) is 15.0 Å². The van der Waals surface area contributed by atoms with Crippen molar-refractivity contribution < 1.29 is 9.21 Å². The molecule has 7 heteroatoms. The third-order valence-electron chi connectivity index (χ3n) is 3.11. The molecule has 0 atom stereocenters. The van der Waals surface area contributed by atoms with E-state index in [0.29, 0.717) is 22.4 Å². The molecule has 0 fully saturated rings. The minimum Gasteiger partial charge on any atom is -0.441 e. The van der Waals surface area contributed by atoms with Crippen LogP contribution in [0.5, 0.6) is 0 Å². The number of hydrogen-bond acceptors (Lipinski definition) is 5. The zero-order valence-electron chi connectivity index (χ0n) is 12.3. The van der Waals surface area contributed by atoms with Gasteiger partial charge in [-0.3, -0.25) is 10.1 Å². The number of amides is 1. The Bertz CT molecular complexity index is 833. The first-order valence-corrected chi connectivity index (χ1v) is 7.29. The standard InChI is InChI=1S/C16H13ClN4O2/c1-10-13(9-14(22)21-16-18-6-3-7-19-16)20-15(23-10)11-4-2-5-12(17)8-11/h2-8H,9H2,1H3,(H,18,19,21,22). The van der Waals surface area contributed by atoms with E-state index in [2.05, 4.69) is 20.3 Å². The lowest BCUT2D eigenvalue weighted by molar-refractivity contribution is -0.115. The van der Waals surface area contributed by atoms with E-state index in [1.165, 1.54) is 0 Å². The van der Waals surface area contributed by atoms with Gasteiger partial charge in [0.15, 0.2) is 0 Å². The predicted octanol–water partition coefficient (Wildman–Crippen LogP) is 3.27. The fraction of sp³-hybridized carbons (Fsp3) is 0.125. The number of carbonyl (C=O) groups excluding carboxylic acids is 1. The Morgan fingerprint density at radius 3 is 2.78 bits per heavy atom. The molecule has 0 unspecified atom stereocenters. The predicted molar refractivity (Wildman–Crippen MR) is 86.1 cm³/mol. The fourth-order valence-electron chi connectivity index (χ4n) is 2.02. The summed E-state index contributed by atoms with van der Waals surface area (Å²) in [4.78, 5) is 24.3. The van der Waals surface area contributed by atoms with Gasteiger partial charge in [0.05, 0.1) is 12.1 Å². The Morgan fingerprint density at radius 2 is 2.04 bits per heavy atom. The maximum Gasteiger partial charge on any atom is 0.232 e. The molecule has 116 valence electrons. The molecule has 0 radical (unpaired) electrons. The summed E-state index contributed by atoms with van der Waals surface area (Å²) in [6.45, 7) is 1.77. The van der Waals surface area contributed by atoms with Crippen molar-refractivity contribution in [2.45, 2.75) is 13.3 Å². The van der Waals surface area contributed by atoms with Gasteiger partial charge in [-0.05, 0) is 31.2 Å². The van der Waals surface area contributed by atoms with E-state index < -0.39 is 0 Å². The van der Waals surface area contributed by atoms with Gasteiger partial charge in [-0.2, -0.15) is 0 Å². The van der Waals surface area contributed by atoms with Gasteiger partial charge in [0, 0.05) is 23.0 Å². The van der Waals surface area contributed by atoms with Crippen molar-refractivity contribution in [3.05, 3.63) is 59.2 Å². The lowest BCUT2D eigenvalue weighted by atomic mass is 10.2.